The lowest BCUT2D eigenvalue weighted by atomic mass is 9.93. The van der Waals surface area contributed by atoms with Crippen molar-refractivity contribution < 1.29 is 4.79 Å². The van der Waals surface area contributed by atoms with Crippen LogP contribution in [-0.4, -0.2) is 44.7 Å². The van der Waals surface area contributed by atoms with E-state index in [-0.39, 0.29) is 5.91 Å². The number of aromatic amines is 1. The number of hydrogen-bond acceptors (Lipinski definition) is 5. The summed E-state index contributed by atoms with van der Waals surface area (Å²) in [7, 11) is 4.15. The number of amides is 1. The molecule has 0 spiro atoms. The summed E-state index contributed by atoms with van der Waals surface area (Å²) < 4.78 is 1.95. The average Bonchev–Trinajstić information content (AvgIpc) is 3.73. The molecule has 4 heterocycles. The van der Waals surface area contributed by atoms with Crippen LogP contribution in [0.1, 0.15) is 28.8 Å². The molecular formula is C33H32N6OS. The standard InChI is InChI=1S/C33H32N6OS/c1-4-39-20-27(31(37-39)24-8-5-7-23(17-24)30(32(34)40)29-9-6-16-41-29)25-14-15-35-33-26(25)18-28(36-33)22-12-10-21(11-13-22)19-38(2)3/h5-18,20,30H,4,19H2,1-3H3,(H2,34,40)(H,35,36). The van der Waals surface area contributed by atoms with Crippen molar-refractivity contribution in [1.82, 2.24) is 24.6 Å². The van der Waals surface area contributed by atoms with Crippen molar-refractivity contribution in [2.45, 2.75) is 25.9 Å². The van der Waals surface area contributed by atoms with Crippen molar-refractivity contribution in [2.75, 3.05) is 14.1 Å². The Morgan fingerprint density at radius 3 is 2.56 bits per heavy atom. The van der Waals surface area contributed by atoms with Crippen LogP contribution < -0.4 is 5.73 Å². The summed E-state index contributed by atoms with van der Waals surface area (Å²) in [4.78, 5) is 23.8. The van der Waals surface area contributed by atoms with Gasteiger partial charge in [0, 0.05) is 52.6 Å². The van der Waals surface area contributed by atoms with Crippen molar-refractivity contribution in [2.24, 2.45) is 5.73 Å². The number of hydrogen-bond donors (Lipinski definition) is 2. The van der Waals surface area contributed by atoms with Gasteiger partial charge in [-0.3, -0.25) is 9.48 Å². The molecule has 3 N–H and O–H groups in total. The number of nitrogens with zero attached hydrogens (tertiary/aromatic N) is 4. The fourth-order valence-electron chi connectivity index (χ4n) is 5.36. The molecule has 0 bridgehead atoms. The maximum Gasteiger partial charge on any atom is 0.230 e. The molecule has 8 heteroatoms. The van der Waals surface area contributed by atoms with E-state index in [2.05, 4.69) is 72.4 Å². The van der Waals surface area contributed by atoms with E-state index in [9.17, 15) is 4.79 Å². The minimum Gasteiger partial charge on any atom is -0.369 e. The zero-order valence-electron chi connectivity index (χ0n) is 23.3. The lowest BCUT2D eigenvalue weighted by Gasteiger charge is -2.13. The second-order valence-corrected chi connectivity index (χ2v) is 11.4. The molecule has 0 saturated carbocycles. The largest absolute Gasteiger partial charge is 0.369 e. The van der Waals surface area contributed by atoms with Gasteiger partial charge in [-0.2, -0.15) is 5.10 Å². The summed E-state index contributed by atoms with van der Waals surface area (Å²) in [5.41, 5.74) is 14.8. The van der Waals surface area contributed by atoms with Gasteiger partial charge in [-0.25, -0.2) is 4.98 Å². The van der Waals surface area contributed by atoms with Gasteiger partial charge in [-0.1, -0.05) is 48.5 Å². The highest BCUT2D eigenvalue weighted by molar-refractivity contribution is 7.10. The highest BCUT2D eigenvalue weighted by Gasteiger charge is 2.23. The highest BCUT2D eigenvalue weighted by Crippen LogP contribution is 2.38. The number of aryl methyl sites for hydroxylation is 1. The number of primary amides is 1. The second-order valence-electron chi connectivity index (χ2n) is 10.5. The molecule has 0 aliphatic rings. The third-order valence-corrected chi connectivity index (χ3v) is 8.21. The molecule has 1 atom stereocenters. The van der Waals surface area contributed by atoms with E-state index in [1.54, 1.807) is 0 Å². The Kier molecular flexibility index (Phi) is 7.26. The Labute approximate surface area is 243 Å². The minimum atomic E-state index is -0.504. The summed E-state index contributed by atoms with van der Waals surface area (Å²) >= 11 is 1.54. The molecule has 0 fully saturated rings. The van der Waals surface area contributed by atoms with Crippen LogP contribution in [0.2, 0.25) is 0 Å². The van der Waals surface area contributed by atoms with Crippen LogP contribution in [0.3, 0.4) is 0 Å². The molecule has 0 aliphatic carbocycles. The number of fused-ring (bicyclic) bond motifs is 1. The topological polar surface area (TPSA) is 92.8 Å². The first-order valence-corrected chi connectivity index (χ1v) is 14.5. The second kappa shape index (κ2) is 11.2. The Morgan fingerprint density at radius 1 is 1.02 bits per heavy atom. The molecule has 7 nitrogen and oxygen atoms in total. The molecule has 0 aliphatic heterocycles. The molecule has 6 rings (SSSR count). The van der Waals surface area contributed by atoms with Crippen molar-refractivity contribution in [1.29, 1.82) is 0 Å². The zero-order valence-corrected chi connectivity index (χ0v) is 24.2. The third kappa shape index (κ3) is 5.31. The van der Waals surface area contributed by atoms with E-state index in [4.69, 9.17) is 10.8 Å². The molecule has 4 aromatic heterocycles. The first-order chi connectivity index (χ1) is 19.9. The molecule has 41 heavy (non-hydrogen) atoms. The number of rotatable bonds is 9. The summed E-state index contributed by atoms with van der Waals surface area (Å²) in [5.74, 6) is -0.870. The maximum atomic E-state index is 12.5. The van der Waals surface area contributed by atoms with Crippen LogP contribution in [0.4, 0.5) is 0 Å². The quantitative estimate of drug-likeness (QED) is 0.211. The number of carbonyl (C=O) groups excluding carboxylic acids is 1. The van der Waals surface area contributed by atoms with Gasteiger partial charge >= 0.3 is 0 Å². The number of aromatic nitrogens is 4. The Bertz CT molecular complexity index is 1810. The van der Waals surface area contributed by atoms with E-state index >= 15 is 0 Å². The van der Waals surface area contributed by atoms with Gasteiger partial charge in [-0.05, 0) is 72.9 Å². The van der Waals surface area contributed by atoms with Gasteiger partial charge in [0.1, 0.15) is 11.3 Å². The maximum absolute atomic E-state index is 12.5. The van der Waals surface area contributed by atoms with Crippen molar-refractivity contribution in [3.8, 4) is 33.6 Å². The molecule has 2 aromatic carbocycles. The predicted molar refractivity (Wildman–Crippen MR) is 167 cm³/mol. The van der Waals surface area contributed by atoms with Gasteiger partial charge in [-0.15, -0.1) is 11.3 Å². The number of benzene rings is 2. The van der Waals surface area contributed by atoms with E-state index in [0.717, 1.165) is 68.2 Å². The number of carbonyl (C=O) groups is 1. The van der Waals surface area contributed by atoms with E-state index < -0.39 is 5.92 Å². The van der Waals surface area contributed by atoms with Crippen LogP contribution >= 0.6 is 11.3 Å². The van der Waals surface area contributed by atoms with Crippen LogP contribution in [0.25, 0.3) is 44.7 Å². The smallest absolute Gasteiger partial charge is 0.230 e. The number of nitrogens with one attached hydrogen (secondary N) is 1. The van der Waals surface area contributed by atoms with Gasteiger partial charge in [0.25, 0.3) is 0 Å². The van der Waals surface area contributed by atoms with Crippen molar-refractivity contribution in [3.05, 3.63) is 107 Å². The zero-order chi connectivity index (χ0) is 28.5. The molecular weight excluding hydrogens is 528 g/mol. The normalized spacial score (nSPS) is 12.3. The Balaban J connectivity index is 1.43. The summed E-state index contributed by atoms with van der Waals surface area (Å²) in [5, 5.41) is 7.95. The van der Waals surface area contributed by atoms with Crippen LogP contribution in [0.15, 0.2) is 90.6 Å². The van der Waals surface area contributed by atoms with Crippen LogP contribution in [-0.2, 0) is 17.9 Å². The molecule has 1 amide bonds. The lowest BCUT2D eigenvalue weighted by molar-refractivity contribution is -0.118. The fraction of sp³-hybridized carbons (Fsp3) is 0.182. The minimum absolute atomic E-state index is 0.366. The summed E-state index contributed by atoms with van der Waals surface area (Å²) in [6, 6.07) is 24.8. The molecule has 1 unspecified atom stereocenters. The Morgan fingerprint density at radius 2 is 1.85 bits per heavy atom. The van der Waals surface area contributed by atoms with Crippen LogP contribution in [0, 0.1) is 0 Å². The monoisotopic (exact) mass is 560 g/mol. The third-order valence-electron chi connectivity index (χ3n) is 7.28. The van der Waals surface area contributed by atoms with Gasteiger partial charge < -0.3 is 15.6 Å². The molecule has 206 valence electrons. The van der Waals surface area contributed by atoms with Gasteiger partial charge in [0.05, 0.1) is 5.92 Å². The lowest BCUT2D eigenvalue weighted by Crippen LogP contribution is -2.21. The van der Waals surface area contributed by atoms with E-state index in [1.165, 1.54) is 16.9 Å². The molecule has 6 aromatic rings. The van der Waals surface area contributed by atoms with E-state index in [0.29, 0.717) is 0 Å². The predicted octanol–water partition coefficient (Wildman–Crippen LogP) is 6.52. The first kappa shape index (κ1) is 26.7. The van der Waals surface area contributed by atoms with Crippen molar-refractivity contribution >= 4 is 28.3 Å². The average molecular weight is 561 g/mol. The number of pyridine rings is 1. The number of nitrogens with two attached hydrogens (primary N) is 1. The molecule has 0 radical (unpaired) electrons. The SMILES string of the molecule is CCn1cc(-c2ccnc3[nH]c(-c4ccc(CN(C)C)cc4)cc23)c(-c2cccc(C(C(N)=O)c3cccs3)c2)n1. The summed E-state index contributed by atoms with van der Waals surface area (Å²) in [6.45, 7) is 3.71. The van der Waals surface area contributed by atoms with E-state index in [1.807, 2.05) is 58.7 Å². The highest BCUT2D eigenvalue weighted by atomic mass is 32.1. The first-order valence-electron chi connectivity index (χ1n) is 13.6. The molecule has 0 saturated heterocycles. The fourth-order valence-corrected chi connectivity index (χ4v) is 6.22. The number of H-pyrrole nitrogens is 1. The van der Waals surface area contributed by atoms with Crippen molar-refractivity contribution in [3.63, 3.8) is 0 Å². The van der Waals surface area contributed by atoms with Gasteiger partial charge in [0.2, 0.25) is 5.91 Å². The summed E-state index contributed by atoms with van der Waals surface area (Å²) in [6.07, 6.45) is 3.92. The number of thiophene rings is 1. The Hall–Kier alpha value is -4.53. The van der Waals surface area contributed by atoms with Gasteiger partial charge in [0.15, 0.2) is 0 Å². The van der Waals surface area contributed by atoms with Crippen LogP contribution in [0.5, 0.6) is 0 Å².